The van der Waals surface area contributed by atoms with Gasteiger partial charge in [0.15, 0.2) is 11.5 Å². The van der Waals surface area contributed by atoms with E-state index in [0.29, 0.717) is 29.4 Å². The van der Waals surface area contributed by atoms with Crippen molar-refractivity contribution in [3.05, 3.63) is 17.7 Å². The summed E-state index contributed by atoms with van der Waals surface area (Å²) in [5.41, 5.74) is 0.282. The lowest BCUT2D eigenvalue weighted by molar-refractivity contribution is -0.121. The fraction of sp³-hybridized carbons (Fsp3) is 0.619. The first kappa shape index (κ1) is 23.5. The van der Waals surface area contributed by atoms with Crippen LogP contribution in [0.3, 0.4) is 0 Å². The molecule has 2 aliphatic rings. The van der Waals surface area contributed by atoms with Crippen molar-refractivity contribution in [2.45, 2.75) is 12.0 Å². The number of nitrogens with one attached hydrogen (secondary N) is 2. The number of ether oxygens (including phenoxy) is 4. The molecule has 1 atom stereocenters. The molecule has 0 spiro atoms. The molecular formula is C21H31N3O6S. The highest BCUT2D eigenvalue weighted by Crippen LogP contribution is 2.38. The van der Waals surface area contributed by atoms with Gasteiger partial charge in [-0.1, -0.05) is 0 Å². The Hall–Kier alpha value is -2.17. The van der Waals surface area contributed by atoms with E-state index >= 15 is 0 Å². The lowest BCUT2D eigenvalue weighted by atomic mass is 9.95. The fourth-order valence-electron chi connectivity index (χ4n) is 3.94. The quantitative estimate of drug-likeness (QED) is 0.566. The van der Waals surface area contributed by atoms with E-state index < -0.39 is 5.91 Å². The molecule has 0 aromatic heterocycles. The number of amides is 2. The third kappa shape index (κ3) is 5.55. The zero-order valence-corrected chi connectivity index (χ0v) is 19.1. The van der Waals surface area contributed by atoms with Gasteiger partial charge in [0.05, 0.1) is 41.1 Å². The van der Waals surface area contributed by atoms with Gasteiger partial charge in [0.25, 0.3) is 5.91 Å². The lowest BCUT2D eigenvalue weighted by Crippen LogP contribution is -2.59. The molecule has 2 saturated heterocycles. The number of thioether (sulfide) groups is 1. The number of hydrogen-bond acceptors (Lipinski definition) is 8. The Bertz CT molecular complexity index is 753. The average molecular weight is 454 g/mol. The maximum absolute atomic E-state index is 12.6. The molecule has 0 radical (unpaired) electrons. The van der Waals surface area contributed by atoms with Gasteiger partial charge in [-0.15, -0.1) is 0 Å². The van der Waals surface area contributed by atoms with Crippen molar-refractivity contribution in [3.8, 4) is 17.2 Å². The number of carbonyl (C=O) groups is 2. The second-order valence-corrected chi connectivity index (χ2v) is 8.60. The van der Waals surface area contributed by atoms with Gasteiger partial charge >= 0.3 is 0 Å². The molecule has 31 heavy (non-hydrogen) atoms. The van der Waals surface area contributed by atoms with Crippen LogP contribution in [-0.2, 0) is 9.53 Å². The highest BCUT2D eigenvalue weighted by molar-refractivity contribution is 7.99. The summed E-state index contributed by atoms with van der Waals surface area (Å²) in [4.78, 5) is 27.5. The minimum Gasteiger partial charge on any atom is -0.493 e. The first-order chi connectivity index (χ1) is 15.0. The van der Waals surface area contributed by atoms with Crippen LogP contribution in [0.1, 0.15) is 16.8 Å². The number of methoxy groups -OCH3 is 3. The lowest BCUT2D eigenvalue weighted by Gasteiger charge is -2.43. The molecule has 2 heterocycles. The molecule has 2 aliphatic heterocycles. The van der Waals surface area contributed by atoms with E-state index in [0.717, 1.165) is 44.2 Å². The first-order valence-corrected chi connectivity index (χ1v) is 11.4. The molecule has 2 N–H and O–H groups in total. The van der Waals surface area contributed by atoms with Gasteiger partial charge in [0.2, 0.25) is 11.7 Å². The van der Waals surface area contributed by atoms with Crippen LogP contribution in [0.4, 0.5) is 0 Å². The SMILES string of the molecule is COc1cc(C(=O)NCC(=O)NCC2(N3CCOCC3)CCSC2)cc(OC)c1OC. The Morgan fingerprint density at radius 3 is 2.32 bits per heavy atom. The number of morpholine rings is 1. The zero-order valence-electron chi connectivity index (χ0n) is 18.3. The van der Waals surface area contributed by atoms with E-state index in [1.54, 1.807) is 12.1 Å². The van der Waals surface area contributed by atoms with E-state index in [1.807, 2.05) is 11.8 Å². The molecule has 10 heteroatoms. The van der Waals surface area contributed by atoms with Crippen LogP contribution >= 0.6 is 11.8 Å². The zero-order chi connectivity index (χ0) is 22.3. The second-order valence-electron chi connectivity index (χ2n) is 7.50. The second kappa shape index (κ2) is 10.9. The summed E-state index contributed by atoms with van der Waals surface area (Å²) in [6, 6.07) is 3.11. The summed E-state index contributed by atoms with van der Waals surface area (Å²) in [7, 11) is 4.47. The van der Waals surface area contributed by atoms with Crippen molar-refractivity contribution < 1.29 is 28.5 Å². The van der Waals surface area contributed by atoms with Gasteiger partial charge in [-0.05, 0) is 24.3 Å². The Kier molecular flexibility index (Phi) is 8.28. The smallest absolute Gasteiger partial charge is 0.251 e. The summed E-state index contributed by atoms with van der Waals surface area (Å²) >= 11 is 1.91. The predicted octanol–water partition coefficient (Wildman–Crippen LogP) is 0.766. The van der Waals surface area contributed by atoms with Crippen molar-refractivity contribution in [2.75, 3.05) is 72.2 Å². The van der Waals surface area contributed by atoms with Crippen LogP contribution in [0.25, 0.3) is 0 Å². The van der Waals surface area contributed by atoms with Gasteiger partial charge in [-0.2, -0.15) is 11.8 Å². The molecule has 2 amide bonds. The maximum Gasteiger partial charge on any atom is 0.251 e. The normalized spacial score (nSPS) is 21.4. The van der Waals surface area contributed by atoms with Gasteiger partial charge < -0.3 is 29.6 Å². The summed E-state index contributed by atoms with van der Waals surface area (Å²) < 4.78 is 21.3. The number of hydrogen-bond donors (Lipinski definition) is 2. The van der Waals surface area contributed by atoms with Crippen LogP contribution < -0.4 is 24.8 Å². The Labute approximate surface area is 187 Å². The van der Waals surface area contributed by atoms with Crippen molar-refractivity contribution in [1.29, 1.82) is 0 Å². The highest BCUT2D eigenvalue weighted by Gasteiger charge is 2.40. The number of nitrogens with zero attached hydrogens (tertiary/aromatic N) is 1. The van der Waals surface area contributed by atoms with Gasteiger partial charge in [-0.25, -0.2) is 0 Å². The molecule has 2 fully saturated rings. The number of rotatable bonds is 9. The van der Waals surface area contributed by atoms with Crippen LogP contribution in [0, 0.1) is 0 Å². The van der Waals surface area contributed by atoms with E-state index in [1.165, 1.54) is 21.3 Å². The van der Waals surface area contributed by atoms with Gasteiger partial charge in [0.1, 0.15) is 0 Å². The van der Waals surface area contributed by atoms with E-state index in [9.17, 15) is 9.59 Å². The van der Waals surface area contributed by atoms with Gasteiger partial charge in [-0.3, -0.25) is 14.5 Å². The first-order valence-electron chi connectivity index (χ1n) is 10.3. The molecule has 1 unspecified atom stereocenters. The fourth-order valence-corrected chi connectivity index (χ4v) is 5.41. The molecule has 0 aliphatic carbocycles. The molecule has 172 valence electrons. The Balaban J connectivity index is 1.56. The van der Waals surface area contributed by atoms with Crippen LogP contribution in [-0.4, -0.2) is 94.5 Å². The molecule has 0 bridgehead atoms. The molecule has 3 rings (SSSR count). The highest BCUT2D eigenvalue weighted by atomic mass is 32.2. The summed E-state index contributed by atoms with van der Waals surface area (Å²) in [6.45, 7) is 3.68. The van der Waals surface area contributed by atoms with Crippen LogP contribution in [0.2, 0.25) is 0 Å². The van der Waals surface area contributed by atoms with Crippen molar-refractivity contribution >= 4 is 23.6 Å². The minimum atomic E-state index is -0.395. The number of carbonyl (C=O) groups excluding carboxylic acids is 2. The Morgan fingerprint density at radius 1 is 1.10 bits per heavy atom. The van der Waals surface area contributed by atoms with E-state index in [2.05, 4.69) is 15.5 Å². The molecule has 1 aromatic rings. The van der Waals surface area contributed by atoms with Crippen molar-refractivity contribution in [1.82, 2.24) is 15.5 Å². The maximum atomic E-state index is 12.6. The third-order valence-corrected chi connectivity index (χ3v) is 6.95. The summed E-state index contributed by atoms with van der Waals surface area (Å²) in [6.07, 6.45) is 1.04. The van der Waals surface area contributed by atoms with Crippen LogP contribution in [0.15, 0.2) is 12.1 Å². The van der Waals surface area contributed by atoms with Crippen LogP contribution in [0.5, 0.6) is 17.2 Å². The molecular weight excluding hydrogens is 422 g/mol. The minimum absolute atomic E-state index is 0.0369. The van der Waals surface area contributed by atoms with Gasteiger partial charge in [0, 0.05) is 36.5 Å². The average Bonchev–Trinajstić information content (AvgIpc) is 3.31. The molecule has 0 saturated carbocycles. The number of benzene rings is 1. The Morgan fingerprint density at radius 2 is 1.77 bits per heavy atom. The third-order valence-electron chi connectivity index (χ3n) is 5.72. The molecule has 9 nitrogen and oxygen atoms in total. The monoisotopic (exact) mass is 453 g/mol. The molecule has 1 aromatic carbocycles. The standard InChI is InChI=1S/C21H31N3O6S/c1-27-16-10-15(11-17(28-2)19(16)29-3)20(26)22-12-18(25)23-13-21(4-9-31-14-21)24-5-7-30-8-6-24/h10-11H,4-9,12-14H2,1-3H3,(H,22,26)(H,23,25). The topological polar surface area (TPSA) is 98.4 Å². The summed E-state index contributed by atoms with van der Waals surface area (Å²) in [5.74, 6) is 2.63. The predicted molar refractivity (Wildman–Crippen MR) is 119 cm³/mol. The van der Waals surface area contributed by atoms with Crippen molar-refractivity contribution in [2.24, 2.45) is 0 Å². The van der Waals surface area contributed by atoms with E-state index in [4.69, 9.17) is 18.9 Å². The largest absolute Gasteiger partial charge is 0.493 e. The summed E-state index contributed by atoms with van der Waals surface area (Å²) in [5, 5.41) is 5.68. The van der Waals surface area contributed by atoms with Crippen molar-refractivity contribution in [3.63, 3.8) is 0 Å². The van der Waals surface area contributed by atoms with E-state index in [-0.39, 0.29) is 18.0 Å².